The minimum absolute atomic E-state index is 0.0229. The molecule has 2 N–H and O–H groups in total. The van der Waals surface area contributed by atoms with Crippen molar-refractivity contribution in [1.82, 2.24) is 10.2 Å². The fourth-order valence-corrected chi connectivity index (χ4v) is 4.42. The Morgan fingerprint density at radius 2 is 1.41 bits per heavy atom. The van der Waals surface area contributed by atoms with Gasteiger partial charge in [0.05, 0.1) is 11.1 Å². The lowest BCUT2D eigenvalue weighted by atomic mass is 9.89. The van der Waals surface area contributed by atoms with Crippen molar-refractivity contribution in [2.75, 3.05) is 18.4 Å². The number of benzene rings is 1. The van der Waals surface area contributed by atoms with Crippen molar-refractivity contribution in [3.05, 3.63) is 29.3 Å². The molecule has 1 aromatic rings. The third-order valence-electron chi connectivity index (χ3n) is 5.50. The number of alkyl halides is 6. The smallest absolute Gasteiger partial charge is 0.358 e. The fourth-order valence-electron chi connectivity index (χ4n) is 4.15. The van der Waals surface area contributed by atoms with Crippen molar-refractivity contribution in [2.24, 2.45) is 0 Å². The Hall–Kier alpha value is -1.55. The van der Waals surface area contributed by atoms with E-state index in [0.29, 0.717) is 12.1 Å². The van der Waals surface area contributed by atoms with Crippen LogP contribution in [-0.4, -0.2) is 35.2 Å². The molecule has 2 fully saturated rings. The van der Waals surface area contributed by atoms with Crippen LogP contribution in [0, 0.1) is 0 Å². The van der Waals surface area contributed by atoms with Crippen molar-refractivity contribution < 1.29 is 26.3 Å². The molecule has 0 spiro atoms. The minimum atomic E-state index is -4.89. The molecule has 3 nitrogen and oxygen atoms in total. The molecule has 0 aromatic heterocycles. The molecule has 0 radical (unpaired) electrons. The molecule has 162 valence electrons. The Kier molecular flexibility index (Phi) is 6.62. The number of hydrogen-bond acceptors (Lipinski definition) is 2. The van der Waals surface area contributed by atoms with E-state index in [4.69, 9.17) is 12.2 Å². The van der Waals surface area contributed by atoms with Crippen LogP contribution < -0.4 is 10.6 Å². The van der Waals surface area contributed by atoms with Gasteiger partial charge in [-0.05, 0) is 69.2 Å². The lowest BCUT2D eigenvalue weighted by molar-refractivity contribution is -0.143. The molecule has 29 heavy (non-hydrogen) atoms. The predicted octanol–water partition coefficient (Wildman–Crippen LogP) is 5.42. The quantitative estimate of drug-likeness (QED) is 0.486. The lowest BCUT2D eigenvalue weighted by Gasteiger charge is -2.38. The molecular weight excluding hydrogens is 416 g/mol. The van der Waals surface area contributed by atoms with E-state index in [1.807, 2.05) is 0 Å². The topological polar surface area (TPSA) is 27.3 Å². The van der Waals surface area contributed by atoms with Crippen LogP contribution >= 0.6 is 12.2 Å². The van der Waals surface area contributed by atoms with Gasteiger partial charge < -0.3 is 10.6 Å². The number of anilines is 1. The highest BCUT2D eigenvalue weighted by molar-refractivity contribution is 7.80. The van der Waals surface area contributed by atoms with Crippen molar-refractivity contribution in [3.63, 3.8) is 0 Å². The second-order valence-electron chi connectivity index (χ2n) is 7.59. The maximum Gasteiger partial charge on any atom is 0.416 e. The van der Waals surface area contributed by atoms with E-state index < -0.39 is 23.5 Å². The normalized spacial score (nSPS) is 23.8. The lowest BCUT2D eigenvalue weighted by Crippen LogP contribution is -2.53. The second-order valence-corrected chi connectivity index (χ2v) is 8.00. The van der Waals surface area contributed by atoms with Crippen molar-refractivity contribution >= 4 is 23.0 Å². The summed E-state index contributed by atoms with van der Waals surface area (Å²) in [7, 11) is 0. The number of halogens is 6. The molecule has 0 bridgehead atoms. The van der Waals surface area contributed by atoms with Crippen LogP contribution in [0.5, 0.6) is 0 Å². The first kappa shape index (κ1) is 22.1. The molecule has 1 aliphatic carbocycles. The third kappa shape index (κ3) is 5.75. The zero-order valence-electron chi connectivity index (χ0n) is 15.7. The fraction of sp³-hybridized carbons (Fsp3) is 0.632. The Balaban J connectivity index is 1.73. The first-order chi connectivity index (χ1) is 13.5. The maximum absolute atomic E-state index is 13.0. The summed E-state index contributed by atoms with van der Waals surface area (Å²) < 4.78 is 78.1. The largest absolute Gasteiger partial charge is 0.416 e. The molecule has 1 saturated carbocycles. The number of rotatable bonds is 3. The average molecular weight is 439 g/mol. The summed E-state index contributed by atoms with van der Waals surface area (Å²) in [4.78, 5) is 2.39. The van der Waals surface area contributed by atoms with Gasteiger partial charge in [0, 0.05) is 17.8 Å². The van der Waals surface area contributed by atoms with Crippen LogP contribution in [0.1, 0.15) is 49.7 Å². The molecule has 3 rings (SSSR count). The van der Waals surface area contributed by atoms with E-state index in [9.17, 15) is 26.3 Å². The van der Waals surface area contributed by atoms with Gasteiger partial charge >= 0.3 is 12.4 Å². The minimum Gasteiger partial charge on any atom is -0.358 e. The van der Waals surface area contributed by atoms with Crippen molar-refractivity contribution in [2.45, 2.75) is 63.0 Å². The second kappa shape index (κ2) is 8.67. The van der Waals surface area contributed by atoms with Crippen LogP contribution in [0.3, 0.4) is 0 Å². The predicted molar refractivity (Wildman–Crippen MR) is 103 cm³/mol. The summed E-state index contributed by atoms with van der Waals surface area (Å²) in [6, 6.07) is 1.68. The van der Waals surface area contributed by atoms with E-state index in [2.05, 4.69) is 15.5 Å². The molecule has 1 aliphatic heterocycles. The van der Waals surface area contributed by atoms with Crippen LogP contribution in [0.25, 0.3) is 0 Å². The van der Waals surface area contributed by atoms with E-state index >= 15 is 0 Å². The molecule has 0 amide bonds. The number of hydrogen-bond donors (Lipinski definition) is 2. The summed E-state index contributed by atoms with van der Waals surface area (Å²) in [5.74, 6) is 0. The van der Waals surface area contributed by atoms with Gasteiger partial charge in [-0.15, -0.1) is 0 Å². The van der Waals surface area contributed by atoms with Crippen LogP contribution in [0.4, 0.5) is 32.0 Å². The average Bonchev–Trinajstić information content (AvgIpc) is 3.15. The molecule has 1 saturated heterocycles. The summed E-state index contributed by atoms with van der Waals surface area (Å²) in [6.07, 6.45) is -3.55. The highest BCUT2D eigenvalue weighted by atomic mass is 32.1. The standard InChI is InChI=1S/C19H23F6N3S/c20-18(21,22)12-9-13(19(23,24)25)11-14(10-12)26-17(29)27-15-5-1-2-6-16(15)28-7-3-4-8-28/h9-11,15-16H,1-8H2,(H2,26,27,29). The summed E-state index contributed by atoms with van der Waals surface area (Å²) in [6.45, 7) is 2.01. The zero-order chi connectivity index (χ0) is 21.2. The Labute approximate surface area is 170 Å². The van der Waals surface area contributed by atoms with Gasteiger partial charge in [0.15, 0.2) is 5.11 Å². The highest BCUT2D eigenvalue weighted by Crippen LogP contribution is 2.37. The summed E-state index contributed by atoms with van der Waals surface area (Å²) in [5.41, 5.74) is -3.08. The third-order valence-corrected chi connectivity index (χ3v) is 5.72. The van der Waals surface area contributed by atoms with Gasteiger partial charge in [0.1, 0.15) is 0 Å². The van der Waals surface area contributed by atoms with Crippen molar-refractivity contribution in [1.29, 1.82) is 0 Å². The molecule has 10 heteroatoms. The van der Waals surface area contributed by atoms with Crippen LogP contribution in [-0.2, 0) is 12.4 Å². The SMILES string of the molecule is FC(F)(F)c1cc(NC(=S)NC2CCCCC2N2CCCC2)cc(C(F)(F)F)c1. The highest BCUT2D eigenvalue weighted by Gasteiger charge is 2.37. The van der Waals surface area contributed by atoms with E-state index in [0.717, 1.165) is 51.6 Å². The Bertz CT molecular complexity index is 695. The molecule has 1 aromatic carbocycles. The first-order valence-electron chi connectivity index (χ1n) is 9.65. The van der Waals surface area contributed by atoms with Gasteiger partial charge in [-0.25, -0.2) is 0 Å². The van der Waals surface area contributed by atoms with Gasteiger partial charge in [-0.2, -0.15) is 26.3 Å². The van der Waals surface area contributed by atoms with Gasteiger partial charge in [0.2, 0.25) is 0 Å². The number of thiocarbonyl (C=S) groups is 1. The first-order valence-corrected chi connectivity index (χ1v) is 10.1. The summed E-state index contributed by atoms with van der Waals surface area (Å²) >= 11 is 5.21. The molecule has 2 aliphatic rings. The maximum atomic E-state index is 13.0. The van der Waals surface area contributed by atoms with Gasteiger partial charge in [-0.3, -0.25) is 4.90 Å². The molecular formula is C19H23F6N3S. The Morgan fingerprint density at radius 1 is 0.862 bits per heavy atom. The summed E-state index contributed by atoms with van der Waals surface area (Å²) in [5, 5.41) is 5.69. The molecule has 2 atom stereocenters. The van der Waals surface area contributed by atoms with E-state index in [1.165, 1.54) is 0 Å². The number of nitrogens with zero attached hydrogens (tertiary/aromatic N) is 1. The number of nitrogens with one attached hydrogen (secondary N) is 2. The monoisotopic (exact) mass is 439 g/mol. The van der Waals surface area contributed by atoms with Crippen LogP contribution in [0.2, 0.25) is 0 Å². The van der Waals surface area contributed by atoms with Crippen LogP contribution in [0.15, 0.2) is 18.2 Å². The zero-order valence-corrected chi connectivity index (χ0v) is 16.5. The molecule has 1 heterocycles. The van der Waals surface area contributed by atoms with Gasteiger partial charge in [-0.1, -0.05) is 12.8 Å². The van der Waals surface area contributed by atoms with Crippen molar-refractivity contribution in [3.8, 4) is 0 Å². The molecule has 2 unspecified atom stereocenters. The van der Waals surface area contributed by atoms with E-state index in [-0.39, 0.29) is 28.9 Å². The number of likely N-dealkylation sites (tertiary alicyclic amines) is 1. The van der Waals surface area contributed by atoms with Gasteiger partial charge in [0.25, 0.3) is 0 Å². The Morgan fingerprint density at radius 3 is 1.97 bits per heavy atom. The van der Waals surface area contributed by atoms with E-state index in [1.54, 1.807) is 0 Å².